The molecule has 0 spiro atoms. The number of pyridine rings is 1. The van der Waals surface area contributed by atoms with Gasteiger partial charge in [-0.2, -0.15) is 5.26 Å². The van der Waals surface area contributed by atoms with Gasteiger partial charge in [0.15, 0.2) is 0 Å². The SMILES string of the molecule is CCC(C)N(C)c1nc2c(cc1C#N)CCCC2. The minimum Gasteiger partial charge on any atom is -0.356 e. The standard InChI is InChI=1S/C15H21N3/c1-4-11(2)18(3)15-13(10-16)9-12-7-5-6-8-14(12)17-15/h9,11H,4-8H2,1-3H3. The van der Waals surface area contributed by atoms with E-state index < -0.39 is 0 Å². The van der Waals surface area contributed by atoms with E-state index in [-0.39, 0.29) is 0 Å². The number of hydrogen-bond acceptors (Lipinski definition) is 3. The van der Waals surface area contributed by atoms with Crippen molar-refractivity contribution in [2.75, 3.05) is 11.9 Å². The minimum absolute atomic E-state index is 0.409. The predicted octanol–water partition coefficient (Wildman–Crippen LogP) is 3.07. The van der Waals surface area contributed by atoms with Crippen molar-refractivity contribution >= 4 is 5.82 Å². The van der Waals surface area contributed by atoms with E-state index in [1.165, 1.54) is 24.1 Å². The first-order valence-corrected chi connectivity index (χ1v) is 6.83. The van der Waals surface area contributed by atoms with E-state index in [1.807, 2.05) is 7.05 Å². The lowest BCUT2D eigenvalue weighted by atomic mass is 9.94. The summed E-state index contributed by atoms with van der Waals surface area (Å²) in [5.41, 5.74) is 3.20. The summed E-state index contributed by atoms with van der Waals surface area (Å²) in [7, 11) is 2.03. The summed E-state index contributed by atoms with van der Waals surface area (Å²) in [6.07, 6.45) is 5.63. The van der Waals surface area contributed by atoms with Gasteiger partial charge in [0.25, 0.3) is 0 Å². The van der Waals surface area contributed by atoms with Gasteiger partial charge in [-0.3, -0.25) is 0 Å². The fourth-order valence-electron chi connectivity index (χ4n) is 2.46. The molecular formula is C15H21N3. The lowest BCUT2D eigenvalue weighted by Gasteiger charge is -2.27. The normalized spacial score (nSPS) is 15.7. The van der Waals surface area contributed by atoms with E-state index in [2.05, 4.69) is 30.9 Å². The summed E-state index contributed by atoms with van der Waals surface area (Å²) in [5.74, 6) is 0.854. The Balaban J connectivity index is 2.43. The lowest BCUT2D eigenvalue weighted by molar-refractivity contribution is 0.640. The van der Waals surface area contributed by atoms with E-state index >= 15 is 0 Å². The molecule has 1 atom stereocenters. The highest BCUT2D eigenvalue weighted by atomic mass is 15.2. The molecule has 3 nitrogen and oxygen atoms in total. The number of nitrogens with zero attached hydrogens (tertiary/aromatic N) is 3. The van der Waals surface area contributed by atoms with Gasteiger partial charge in [0.2, 0.25) is 0 Å². The van der Waals surface area contributed by atoms with Crippen molar-refractivity contribution in [2.24, 2.45) is 0 Å². The van der Waals surface area contributed by atoms with Gasteiger partial charge in [0.05, 0.1) is 5.56 Å². The van der Waals surface area contributed by atoms with Crippen LogP contribution in [0.4, 0.5) is 5.82 Å². The number of aromatic nitrogens is 1. The van der Waals surface area contributed by atoms with E-state index in [9.17, 15) is 5.26 Å². The summed E-state index contributed by atoms with van der Waals surface area (Å²) in [5, 5.41) is 9.31. The van der Waals surface area contributed by atoms with E-state index in [0.29, 0.717) is 6.04 Å². The van der Waals surface area contributed by atoms with Crippen molar-refractivity contribution in [3.63, 3.8) is 0 Å². The second kappa shape index (κ2) is 5.39. The maximum atomic E-state index is 9.31. The molecule has 1 unspecified atom stereocenters. The number of anilines is 1. The number of fused-ring (bicyclic) bond motifs is 1. The van der Waals surface area contributed by atoms with Crippen LogP contribution >= 0.6 is 0 Å². The number of nitriles is 1. The van der Waals surface area contributed by atoms with Crippen LogP contribution in [0.15, 0.2) is 6.07 Å². The summed E-state index contributed by atoms with van der Waals surface area (Å²) < 4.78 is 0. The third-order valence-corrected chi connectivity index (χ3v) is 3.99. The third kappa shape index (κ3) is 2.33. The highest BCUT2D eigenvalue weighted by molar-refractivity contribution is 5.56. The molecule has 0 saturated carbocycles. The Labute approximate surface area is 109 Å². The van der Waals surface area contributed by atoms with Crippen molar-refractivity contribution in [2.45, 2.75) is 52.0 Å². The molecule has 0 amide bonds. The monoisotopic (exact) mass is 243 g/mol. The van der Waals surface area contributed by atoms with Crippen LogP contribution in [0.2, 0.25) is 0 Å². The van der Waals surface area contributed by atoms with Crippen LogP contribution < -0.4 is 4.90 Å². The van der Waals surface area contributed by atoms with Gasteiger partial charge in [0.1, 0.15) is 11.9 Å². The molecule has 1 aromatic rings. The second-order valence-electron chi connectivity index (χ2n) is 5.15. The van der Waals surface area contributed by atoms with Crippen molar-refractivity contribution < 1.29 is 0 Å². The van der Waals surface area contributed by atoms with Crippen LogP contribution in [-0.4, -0.2) is 18.1 Å². The van der Waals surface area contributed by atoms with Gasteiger partial charge in [-0.1, -0.05) is 6.92 Å². The number of hydrogen-bond donors (Lipinski definition) is 0. The molecule has 0 aromatic carbocycles. The smallest absolute Gasteiger partial charge is 0.146 e. The lowest BCUT2D eigenvalue weighted by Crippen LogP contribution is -2.30. The van der Waals surface area contributed by atoms with Crippen LogP contribution in [0.1, 0.15) is 49.9 Å². The highest BCUT2D eigenvalue weighted by Crippen LogP contribution is 2.27. The molecule has 0 radical (unpaired) electrons. The molecule has 0 aliphatic heterocycles. The van der Waals surface area contributed by atoms with Crippen LogP contribution in [0.3, 0.4) is 0 Å². The Bertz CT molecular complexity index is 473. The van der Waals surface area contributed by atoms with Crippen molar-refractivity contribution in [3.8, 4) is 6.07 Å². The first-order chi connectivity index (χ1) is 8.67. The van der Waals surface area contributed by atoms with Crippen LogP contribution in [0.25, 0.3) is 0 Å². The zero-order valence-corrected chi connectivity index (χ0v) is 11.5. The fourth-order valence-corrected chi connectivity index (χ4v) is 2.46. The van der Waals surface area contributed by atoms with Gasteiger partial charge >= 0.3 is 0 Å². The molecule has 0 saturated heterocycles. The van der Waals surface area contributed by atoms with Gasteiger partial charge in [0, 0.05) is 18.8 Å². The molecule has 1 aliphatic rings. The molecule has 0 N–H and O–H groups in total. The molecule has 0 bridgehead atoms. The van der Waals surface area contributed by atoms with E-state index in [4.69, 9.17) is 4.98 Å². The minimum atomic E-state index is 0.409. The quantitative estimate of drug-likeness (QED) is 0.819. The van der Waals surface area contributed by atoms with Gasteiger partial charge in [-0.05, 0) is 50.7 Å². The van der Waals surface area contributed by atoms with Crippen molar-refractivity contribution in [3.05, 3.63) is 22.9 Å². The number of rotatable bonds is 3. The van der Waals surface area contributed by atoms with Gasteiger partial charge in [-0.15, -0.1) is 0 Å². The van der Waals surface area contributed by atoms with Crippen LogP contribution in [0.5, 0.6) is 0 Å². The van der Waals surface area contributed by atoms with Gasteiger partial charge in [-0.25, -0.2) is 4.98 Å². The zero-order chi connectivity index (χ0) is 13.1. The first kappa shape index (κ1) is 12.9. The summed E-state index contributed by atoms with van der Waals surface area (Å²) >= 11 is 0. The van der Waals surface area contributed by atoms with Crippen molar-refractivity contribution in [1.82, 2.24) is 4.98 Å². The Kier molecular flexibility index (Phi) is 3.86. The third-order valence-electron chi connectivity index (χ3n) is 3.99. The Morgan fingerprint density at radius 3 is 2.83 bits per heavy atom. The van der Waals surface area contributed by atoms with Crippen LogP contribution in [-0.2, 0) is 12.8 Å². The molecule has 1 heterocycles. The van der Waals surface area contributed by atoms with E-state index in [1.54, 1.807) is 0 Å². The average molecular weight is 243 g/mol. The Morgan fingerprint density at radius 2 is 2.17 bits per heavy atom. The molecule has 96 valence electrons. The molecule has 2 rings (SSSR count). The Morgan fingerprint density at radius 1 is 1.44 bits per heavy atom. The van der Waals surface area contributed by atoms with Crippen molar-refractivity contribution in [1.29, 1.82) is 5.26 Å². The molecule has 0 fully saturated rings. The summed E-state index contributed by atoms with van der Waals surface area (Å²) in [6, 6.07) is 4.76. The molecule has 1 aliphatic carbocycles. The number of aryl methyl sites for hydroxylation is 2. The molecule has 3 heteroatoms. The Hall–Kier alpha value is -1.56. The summed E-state index contributed by atoms with van der Waals surface area (Å²) in [6.45, 7) is 4.33. The maximum absolute atomic E-state index is 9.31. The highest BCUT2D eigenvalue weighted by Gasteiger charge is 2.19. The van der Waals surface area contributed by atoms with Crippen LogP contribution in [0, 0.1) is 11.3 Å². The molecule has 18 heavy (non-hydrogen) atoms. The fraction of sp³-hybridized carbons (Fsp3) is 0.600. The zero-order valence-electron chi connectivity index (χ0n) is 11.5. The molecular weight excluding hydrogens is 222 g/mol. The van der Waals surface area contributed by atoms with E-state index in [0.717, 1.165) is 30.6 Å². The topological polar surface area (TPSA) is 39.9 Å². The predicted molar refractivity (Wildman–Crippen MR) is 73.8 cm³/mol. The first-order valence-electron chi connectivity index (χ1n) is 6.83. The largest absolute Gasteiger partial charge is 0.356 e. The average Bonchev–Trinajstić information content (AvgIpc) is 2.44. The maximum Gasteiger partial charge on any atom is 0.146 e. The second-order valence-corrected chi connectivity index (χ2v) is 5.15. The van der Waals surface area contributed by atoms with Gasteiger partial charge < -0.3 is 4.90 Å². The summed E-state index contributed by atoms with van der Waals surface area (Å²) in [4.78, 5) is 6.89. The molecule has 1 aromatic heterocycles.